The van der Waals surface area contributed by atoms with Crippen molar-refractivity contribution in [3.63, 3.8) is 0 Å². The van der Waals surface area contributed by atoms with E-state index in [4.69, 9.17) is 4.74 Å². The number of carbonyl (C=O) groups excluding carboxylic acids is 1. The van der Waals surface area contributed by atoms with Gasteiger partial charge in [0.25, 0.3) is 0 Å². The third-order valence-corrected chi connectivity index (χ3v) is 5.36. The van der Waals surface area contributed by atoms with Gasteiger partial charge in [0, 0.05) is 18.0 Å². The van der Waals surface area contributed by atoms with E-state index in [1.54, 1.807) is 6.26 Å². The Morgan fingerprint density at radius 2 is 2.00 bits per heavy atom. The standard InChI is InChI=1S/C17H29NO2/c1-6-18(7-2)8-9-20-11-13-15-14(17(15,4)5)10-12(3)16(13)19/h11-12,14-15H,6-10H2,1-5H3/b13-11-/t12-,14+,15-/m1/s1. The number of nitrogens with zero attached hydrogens (tertiary/aromatic N) is 1. The summed E-state index contributed by atoms with van der Waals surface area (Å²) in [6.07, 6.45) is 2.82. The molecular formula is C17H29NO2. The molecule has 2 saturated carbocycles. The van der Waals surface area contributed by atoms with Crippen molar-refractivity contribution < 1.29 is 9.53 Å². The lowest BCUT2D eigenvalue weighted by atomic mass is 9.86. The molecule has 0 unspecified atom stereocenters. The highest BCUT2D eigenvalue weighted by Crippen LogP contribution is 2.66. The van der Waals surface area contributed by atoms with Crippen molar-refractivity contribution in [2.24, 2.45) is 23.2 Å². The Bertz CT molecular complexity index is 396. The molecule has 0 radical (unpaired) electrons. The minimum Gasteiger partial charge on any atom is -0.499 e. The number of carbonyl (C=O) groups is 1. The van der Waals surface area contributed by atoms with Crippen LogP contribution in [0.5, 0.6) is 0 Å². The second-order valence-corrected chi connectivity index (χ2v) is 6.88. The molecule has 20 heavy (non-hydrogen) atoms. The molecular weight excluding hydrogens is 250 g/mol. The fraction of sp³-hybridized carbons (Fsp3) is 0.824. The summed E-state index contributed by atoms with van der Waals surface area (Å²) in [6.45, 7) is 14.6. The first-order valence-corrected chi connectivity index (χ1v) is 8.01. The van der Waals surface area contributed by atoms with Gasteiger partial charge in [0.1, 0.15) is 0 Å². The highest BCUT2D eigenvalue weighted by Gasteiger charge is 2.63. The lowest BCUT2D eigenvalue weighted by Crippen LogP contribution is -2.27. The van der Waals surface area contributed by atoms with E-state index in [9.17, 15) is 4.79 Å². The first-order chi connectivity index (χ1) is 9.43. The van der Waals surface area contributed by atoms with Gasteiger partial charge in [-0.3, -0.25) is 4.79 Å². The molecule has 3 heteroatoms. The SMILES string of the molecule is CCN(CC)CCO/C=C1\C(=O)[C@H](C)C[C@H]2[C@@H]1C2(C)C. The zero-order valence-corrected chi connectivity index (χ0v) is 13.6. The van der Waals surface area contributed by atoms with Gasteiger partial charge in [0.05, 0.1) is 12.9 Å². The molecule has 0 aromatic heterocycles. The van der Waals surface area contributed by atoms with Crippen molar-refractivity contribution in [2.75, 3.05) is 26.2 Å². The molecule has 0 saturated heterocycles. The first kappa shape index (κ1) is 15.6. The number of allylic oxidation sites excluding steroid dienone is 1. The van der Waals surface area contributed by atoms with Crippen LogP contribution >= 0.6 is 0 Å². The average molecular weight is 279 g/mol. The summed E-state index contributed by atoms with van der Waals surface area (Å²) < 4.78 is 5.69. The van der Waals surface area contributed by atoms with Crippen LogP contribution in [0.15, 0.2) is 11.8 Å². The van der Waals surface area contributed by atoms with E-state index in [0.29, 0.717) is 24.2 Å². The predicted octanol–water partition coefficient (Wildman–Crippen LogP) is 3.11. The van der Waals surface area contributed by atoms with E-state index in [1.807, 2.05) is 0 Å². The van der Waals surface area contributed by atoms with Crippen molar-refractivity contribution in [2.45, 2.75) is 41.0 Å². The van der Waals surface area contributed by atoms with Gasteiger partial charge in [0.2, 0.25) is 0 Å². The van der Waals surface area contributed by atoms with Gasteiger partial charge < -0.3 is 9.64 Å². The molecule has 114 valence electrons. The third-order valence-electron chi connectivity index (χ3n) is 5.36. The van der Waals surface area contributed by atoms with Gasteiger partial charge in [-0.15, -0.1) is 0 Å². The molecule has 2 fully saturated rings. The molecule has 3 nitrogen and oxygen atoms in total. The van der Waals surface area contributed by atoms with E-state index < -0.39 is 0 Å². The van der Waals surface area contributed by atoms with Crippen molar-refractivity contribution in [3.8, 4) is 0 Å². The topological polar surface area (TPSA) is 29.5 Å². The first-order valence-electron chi connectivity index (χ1n) is 8.01. The number of ether oxygens (including phenoxy) is 1. The third kappa shape index (κ3) is 2.78. The van der Waals surface area contributed by atoms with Crippen LogP contribution in [-0.4, -0.2) is 36.9 Å². The Kier molecular flexibility index (Phi) is 4.58. The fourth-order valence-electron chi connectivity index (χ4n) is 3.73. The van der Waals surface area contributed by atoms with Gasteiger partial charge in [-0.1, -0.05) is 34.6 Å². The van der Waals surface area contributed by atoms with Crippen LogP contribution in [0.3, 0.4) is 0 Å². The van der Waals surface area contributed by atoms with Gasteiger partial charge in [-0.25, -0.2) is 0 Å². The summed E-state index contributed by atoms with van der Waals surface area (Å²) in [4.78, 5) is 14.7. The van der Waals surface area contributed by atoms with Gasteiger partial charge in [-0.05, 0) is 36.8 Å². The predicted molar refractivity (Wildman–Crippen MR) is 81.4 cm³/mol. The van der Waals surface area contributed by atoms with E-state index in [2.05, 4.69) is 39.5 Å². The highest BCUT2D eigenvalue weighted by atomic mass is 16.5. The fourth-order valence-corrected chi connectivity index (χ4v) is 3.73. The monoisotopic (exact) mass is 279 g/mol. The number of Topliss-reactive ketones (excluding diaryl/α,β-unsaturated/α-hetero) is 1. The maximum Gasteiger partial charge on any atom is 0.165 e. The lowest BCUT2D eigenvalue weighted by Gasteiger charge is -2.19. The molecule has 0 spiro atoms. The number of likely N-dealkylation sites (N-methyl/N-ethyl adjacent to an activating group) is 1. The Hall–Kier alpha value is -0.830. The maximum absolute atomic E-state index is 12.3. The zero-order chi connectivity index (χ0) is 14.9. The van der Waals surface area contributed by atoms with E-state index >= 15 is 0 Å². The highest BCUT2D eigenvalue weighted by molar-refractivity contribution is 5.99. The van der Waals surface area contributed by atoms with Gasteiger partial charge >= 0.3 is 0 Å². The van der Waals surface area contributed by atoms with Crippen molar-refractivity contribution in [1.29, 1.82) is 0 Å². The summed E-state index contributed by atoms with van der Waals surface area (Å²) >= 11 is 0. The molecule has 2 rings (SSSR count). The second kappa shape index (κ2) is 5.88. The number of rotatable bonds is 6. The molecule has 2 aliphatic rings. The van der Waals surface area contributed by atoms with Crippen LogP contribution in [0.1, 0.15) is 41.0 Å². The molecule has 2 aliphatic carbocycles. The van der Waals surface area contributed by atoms with Crippen molar-refractivity contribution in [3.05, 3.63) is 11.8 Å². The normalized spacial score (nSPS) is 33.4. The molecule has 0 aliphatic heterocycles. The number of ketones is 1. The Balaban J connectivity index is 1.93. The van der Waals surface area contributed by atoms with Crippen LogP contribution < -0.4 is 0 Å². The molecule has 0 bridgehead atoms. The van der Waals surface area contributed by atoms with Gasteiger partial charge in [-0.2, -0.15) is 0 Å². The number of hydrogen-bond acceptors (Lipinski definition) is 3. The Morgan fingerprint density at radius 3 is 2.60 bits per heavy atom. The van der Waals surface area contributed by atoms with Crippen LogP contribution in [0.2, 0.25) is 0 Å². The summed E-state index contributed by atoms with van der Waals surface area (Å²) in [5, 5.41) is 0. The molecule has 0 amide bonds. The Labute approximate surface area is 123 Å². The second-order valence-electron chi connectivity index (χ2n) is 6.88. The minimum atomic E-state index is 0.163. The smallest absolute Gasteiger partial charge is 0.165 e. The molecule has 0 aromatic rings. The van der Waals surface area contributed by atoms with Crippen LogP contribution in [0, 0.1) is 23.2 Å². The van der Waals surface area contributed by atoms with E-state index in [0.717, 1.165) is 31.6 Å². The van der Waals surface area contributed by atoms with Gasteiger partial charge in [0.15, 0.2) is 5.78 Å². The van der Waals surface area contributed by atoms with Crippen molar-refractivity contribution in [1.82, 2.24) is 4.90 Å². The maximum atomic E-state index is 12.3. The van der Waals surface area contributed by atoms with Crippen LogP contribution in [0.25, 0.3) is 0 Å². The summed E-state index contributed by atoms with van der Waals surface area (Å²) in [6, 6.07) is 0. The molecule has 3 atom stereocenters. The summed E-state index contributed by atoms with van der Waals surface area (Å²) in [7, 11) is 0. The lowest BCUT2D eigenvalue weighted by molar-refractivity contribution is -0.120. The van der Waals surface area contributed by atoms with Crippen LogP contribution in [0.4, 0.5) is 0 Å². The number of fused-ring (bicyclic) bond motifs is 1. The zero-order valence-electron chi connectivity index (χ0n) is 13.6. The largest absolute Gasteiger partial charge is 0.499 e. The quantitative estimate of drug-likeness (QED) is 0.425. The number of hydrogen-bond donors (Lipinski definition) is 0. The molecule has 0 aromatic carbocycles. The molecule has 0 N–H and O–H groups in total. The Morgan fingerprint density at radius 1 is 1.35 bits per heavy atom. The summed E-state index contributed by atoms with van der Waals surface area (Å²) in [5.74, 6) is 1.57. The average Bonchev–Trinajstić information content (AvgIpc) is 2.95. The van der Waals surface area contributed by atoms with E-state index in [1.165, 1.54) is 0 Å². The molecule has 0 heterocycles. The van der Waals surface area contributed by atoms with Crippen molar-refractivity contribution >= 4 is 5.78 Å². The van der Waals surface area contributed by atoms with E-state index in [-0.39, 0.29) is 11.3 Å². The minimum absolute atomic E-state index is 0.163. The summed E-state index contributed by atoms with van der Waals surface area (Å²) in [5.41, 5.74) is 1.23. The van der Waals surface area contributed by atoms with Crippen LogP contribution in [-0.2, 0) is 9.53 Å².